The molecule has 2 unspecified atom stereocenters. The first kappa shape index (κ1) is 13.7. The summed E-state index contributed by atoms with van der Waals surface area (Å²) in [7, 11) is 0. The third kappa shape index (κ3) is 3.08. The lowest BCUT2D eigenvalue weighted by molar-refractivity contribution is 0.147. The van der Waals surface area contributed by atoms with E-state index in [4.69, 9.17) is 4.42 Å². The van der Waals surface area contributed by atoms with Gasteiger partial charge >= 0.3 is 6.03 Å². The van der Waals surface area contributed by atoms with E-state index in [1.165, 1.54) is 17.4 Å². The van der Waals surface area contributed by atoms with Crippen LogP contribution in [-0.4, -0.2) is 17.7 Å². The van der Waals surface area contributed by atoms with Crippen molar-refractivity contribution < 1.29 is 14.3 Å². The van der Waals surface area contributed by atoms with E-state index in [-0.39, 0.29) is 18.6 Å². The van der Waals surface area contributed by atoms with Crippen LogP contribution in [0.15, 0.2) is 47.1 Å². The van der Waals surface area contributed by atoms with Gasteiger partial charge in [0.15, 0.2) is 0 Å². The van der Waals surface area contributed by atoms with Crippen molar-refractivity contribution in [3.05, 3.63) is 59.5 Å². The van der Waals surface area contributed by atoms with Crippen LogP contribution >= 0.6 is 0 Å². The van der Waals surface area contributed by atoms with E-state index < -0.39 is 6.10 Å². The second-order valence-corrected chi connectivity index (χ2v) is 5.18. The predicted molar refractivity (Wildman–Crippen MR) is 77.7 cm³/mol. The molecule has 0 radical (unpaired) electrons. The molecule has 1 aromatic heterocycles. The van der Waals surface area contributed by atoms with Crippen LogP contribution in [0.25, 0.3) is 0 Å². The van der Waals surface area contributed by atoms with E-state index in [1.807, 2.05) is 18.2 Å². The first-order valence-corrected chi connectivity index (χ1v) is 7.07. The third-order valence-electron chi connectivity index (χ3n) is 3.77. The molecule has 0 fully saturated rings. The fraction of sp³-hybridized carbons (Fsp3) is 0.312. The van der Waals surface area contributed by atoms with Gasteiger partial charge in [0.25, 0.3) is 0 Å². The number of rotatable bonds is 4. The summed E-state index contributed by atoms with van der Waals surface area (Å²) in [6.45, 7) is 0.119. The number of carbonyl (C=O) groups is 1. The van der Waals surface area contributed by atoms with Gasteiger partial charge in [0.2, 0.25) is 0 Å². The summed E-state index contributed by atoms with van der Waals surface area (Å²) in [5.74, 6) is 0.446. The fourth-order valence-electron chi connectivity index (χ4n) is 2.69. The number of hydrogen-bond donors (Lipinski definition) is 3. The van der Waals surface area contributed by atoms with Gasteiger partial charge in [0.05, 0.1) is 18.8 Å². The number of fused-ring (bicyclic) bond motifs is 1. The lowest BCUT2D eigenvalue weighted by Gasteiger charge is -2.16. The van der Waals surface area contributed by atoms with Crippen molar-refractivity contribution in [1.82, 2.24) is 10.6 Å². The lowest BCUT2D eigenvalue weighted by Crippen LogP contribution is -2.39. The Morgan fingerprint density at radius 1 is 1.33 bits per heavy atom. The molecule has 5 heteroatoms. The van der Waals surface area contributed by atoms with E-state index in [1.54, 1.807) is 12.1 Å². The lowest BCUT2D eigenvalue weighted by atomic mass is 10.1. The molecular formula is C16H18N2O3. The number of furan rings is 1. The van der Waals surface area contributed by atoms with Crippen LogP contribution in [0.1, 0.15) is 35.5 Å². The smallest absolute Gasteiger partial charge is 0.315 e. The topological polar surface area (TPSA) is 74.5 Å². The fourth-order valence-corrected chi connectivity index (χ4v) is 2.69. The highest BCUT2D eigenvalue weighted by atomic mass is 16.4. The van der Waals surface area contributed by atoms with Crippen molar-refractivity contribution in [3.8, 4) is 0 Å². The first-order chi connectivity index (χ1) is 10.2. The maximum Gasteiger partial charge on any atom is 0.315 e. The number of aliphatic hydroxyl groups is 1. The highest BCUT2D eigenvalue weighted by molar-refractivity contribution is 5.74. The number of aryl methyl sites for hydroxylation is 1. The SMILES string of the molecule is O=C(NCC(O)c1ccco1)NC1CCc2ccccc21. The Bertz CT molecular complexity index is 610. The Balaban J connectivity index is 1.51. The predicted octanol–water partition coefficient (Wildman–Crippen LogP) is 2.30. The molecule has 21 heavy (non-hydrogen) atoms. The molecule has 2 atom stereocenters. The molecule has 1 aromatic carbocycles. The molecule has 1 aliphatic rings. The molecular weight excluding hydrogens is 268 g/mol. The molecule has 0 saturated heterocycles. The maximum atomic E-state index is 11.9. The largest absolute Gasteiger partial charge is 0.467 e. The first-order valence-electron chi connectivity index (χ1n) is 7.07. The van der Waals surface area contributed by atoms with Crippen LogP contribution in [0.5, 0.6) is 0 Å². The summed E-state index contributed by atoms with van der Waals surface area (Å²) in [4.78, 5) is 11.9. The summed E-state index contributed by atoms with van der Waals surface area (Å²) in [5, 5.41) is 15.5. The highest BCUT2D eigenvalue weighted by Crippen LogP contribution is 2.30. The van der Waals surface area contributed by atoms with Crippen LogP contribution in [0.2, 0.25) is 0 Å². The van der Waals surface area contributed by atoms with Gasteiger partial charge in [-0.3, -0.25) is 0 Å². The Labute approximate surface area is 123 Å². The second-order valence-electron chi connectivity index (χ2n) is 5.18. The Morgan fingerprint density at radius 3 is 3.00 bits per heavy atom. The molecule has 3 N–H and O–H groups in total. The quantitative estimate of drug-likeness (QED) is 0.807. The van der Waals surface area contributed by atoms with Crippen molar-refractivity contribution in [2.24, 2.45) is 0 Å². The average Bonchev–Trinajstić information content (AvgIpc) is 3.15. The monoisotopic (exact) mass is 286 g/mol. The molecule has 0 saturated carbocycles. The van der Waals surface area contributed by atoms with Crippen LogP contribution in [0.3, 0.4) is 0 Å². The van der Waals surface area contributed by atoms with E-state index in [0.29, 0.717) is 5.76 Å². The molecule has 0 bridgehead atoms. The summed E-state index contributed by atoms with van der Waals surface area (Å²) in [5.41, 5.74) is 2.47. The minimum atomic E-state index is -0.832. The number of hydrogen-bond acceptors (Lipinski definition) is 3. The standard InChI is InChI=1S/C16H18N2O3/c19-14(15-6-3-9-21-15)10-17-16(20)18-13-8-7-11-4-1-2-5-12(11)13/h1-6,9,13-14,19H,7-8,10H2,(H2,17,18,20). The van der Waals surface area contributed by atoms with Crippen molar-refractivity contribution in [1.29, 1.82) is 0 Å². The van der Waals surface area contributed by atoms with Crippen LogP contribution in [0.4, 0.5) is 4.79 Å². The summed E-state index contributed by atoms with van der Waals surface area (Å²) in [6, 6.07) is 11.3. The molecule has 0 spiro atoms. The Hall–Kier alpha value is -2.27. The van der Waals surface area contributed by atoms with E-state index in [9.17, 15) is 9.90 Å². The van der Waals surface area contributed by atoms with E-state index in [0.717, 1.165) is 12.8 Å². The zero-order valence-corrected chi connectivity index (χ0v) is 11.6. The van der Waals surface area contributed by atoms with Gasteiger partial charge in [-0.15, -0.1) is 0 Å². The number of urea groups is 1. The minimum Gasteiger partial charge on any atom is -0.467 e. The van der Waals surface area contributed by atoms with E-state index in [2.05, 4.69) is 16.7 Å². The molecule has 0 aliphatic heterocycles. The van der Waals surface area contributed by atoms with Gasteiger partial charge < -0.3 is 20.2 Å². The molecule has 110 valence electrons. The van der Waals surface area contributed by atoms with Crippen molar-refractivity contribution in [2.45, 2.75) is 25.0 Å². The average molecular weight is 286 g/mol. The molecule has 3 rings (SSSR count). The van der Waals surface area contributed by atoms with Crippen molar-refractivity contribution >= 4 is 6.03 Å². The van der Waals surface area contributed by atoms with Crippen molar-refractivity contribution in [3.63, 3.8) is 0 Å². The Kier molecular flexibility index (Phi) is 3.92. The number of benzene rings is 1. The summed E-state index contributed by atoms with van der Waals surface area (Å²) >= 11 is 0. The zero-order valence-electron chi connectivity index (χ0n) is 11.6. The van der Waals surface area contributed by atoms with Gasteiger partial charge in [0, 0.05) is 0 Å². The van der Waals surface area contributed by atoms with Gasteiger partial charge in [-0.1, -0.05) is 24.3 Å². The van der Waals surface area contributed by atoms with Crippen LogP contribution in [-0.2, 0) is 6.42 Å². The Morgan fingerprint density at radius 2 is 2.19 bits per heavy atom. The van der Waals surface area contributed by atoms with Crippen molar-refractivity contribution in [2.75, 3.05) is 6.54 Å². The van der Waals surface area contributed by atoms with Crippen LogP contribution in [0, 0.1) is 0 Å². The number of amides is 2. The minimum absolute atomic E-state index is 0.0435. The molecule has 1 heterocycles. The maximum absolute atomic E-state index is 11.9. The molecule has 5 nitrogen and oxygen atoms in total. The zero-order chi connectivity index (χ0) is 14.7. The molecule has 1 aliphatic carbocycles. The molecule has 2 amide bonds. The van der Waals surface area contributed by atoms with Gasteiger partial charge in [-0.25, -0.2) is 4.79 Å². The normalized spacial score (nSPS) is 18.0. The number of aliphatic hydroxyl groups excluding tert-OH is 1. The van der Waals surface area contributed by atoms with Gasteiger partial charge in [-0.05, 0) is 36.1 Å². The highest BCUT2D eigenvalue weighted by Gasteiger charge is 2.23. The third-order valence-corrected chi connectivity index (χ3v) is 3.77. The summed E-state index contributed by atoms with van der Waals surface area (Å²) in [6.07, 6.45) is 2.55. The van der Waals surface area contributed by atoms with Gasteiger partial charge in [-0.2, -0.15) is 0 Å². The van der Waals surface area contributed by atoms with Gasteiger partial charge in [0.1, 0.15) is 11.9 Å². The number of nitrogens with one attached hydrogen (secondary N) is 2. The second kappa shape index (κ2) is 6.01. The molecule has 2 aromatic rings. The number of carbonyl (C=O) groups excluding carboxylic acids is 1. The summed E-state index contributed by atoms with van der Waals surface area (Å²) < 4.78 is 5.09. The van der Waals surface area contributed by atoms with Crippen LogP contribution < -0.4 is 10.6 Å². The van der Waals surface area contributed by atoms with E-state index >= 15 is 0 Å².